The van der Waals surface area contributed by atoms with Crippen LogP contribution in [-0.4, -0.2) is 27.5 Å². The molecule has 0 unspecified atom stereocenters. The van der Waals surface area contributed by atoms with Crippen LogP contribution < -0.4 is 4.90 Å². The van der Waals surface area contributed by atoms with Crippen LogP contribution in [0.25, 0.3) is 16.8 Å². The van der Waals surface area contributed by atoms with Crippen molar-refractivity contribution in [2.24, 2.45) is 0 Å². The molecule has 0 spiro atoms. The summed E-state index contributed by atoms with van der Waals surface area (Å²) in [5.74, 6) is -0.414. The Hall–Kier alpha value is -2.24. The fourth-order valence-corrected chi connectivity index (χ4v) is 2.88. The van der Waals surface area contributed by atoms with Gasteiger partial charge in [-0.15, -0.1) is 0 Å². The van der Waals surface area contributed by atoms with E-state index >= 15 is 0 Å². The van der Waals surface area contributed by atoms with E-state index in [1.54, 1.807) is 4.40 Å². The Morgan fingerprint density at radius 3 is 2.52 bits per heavy atom. The average Bonchev–Trinajstić information content (AvgIpc) is 2.85. The van der Waals surface area contributed by atoms with Crippen LogP contribution >= 0.6 is 0 Å². The van der Waals surface area contributed by atoms with Crippen molar-refractivity contribution in [1.82, 2.24) is 14.4 Å². The highest BCUT2D eigenvalue weighted by atomic mass is 19.2. The number of fused-ring (bicyclic) bond motifs is 3. The lowest BCUT2D eigenvalue weighted by molar-refractivity contribution is 0.510. The molecule has 1 aromatic carbocycles. The van der Waals surface area contributed by atoms with E-state index in [4.69, 9.17) is 0 Å². The van der Waals surface area contributed by atoms with Gasteiger partial charge in [0.15, 0.2) is 11.6 Å². The van der Waals surface area contributed by atoms with Gasteiger partial charge in [0.1, 0.15) is 5.82 Å². The summed E-state index contributed by atoms with van der Waals surface area (Å²) in [4.78, 5) is 11.0. The number of benzene rings is 1. The third-order valence-corrected chi connectivity index (χ3v) is 3.98. The molecule has 21 heavy (non-hydrogen) atoms. The number of piperidine rings is 1. The summed E-state index contributed by atoms with van der Waals surface area (Å²) in [6, 6.07) is 4.17. The maximum atomic E-state index is 13.4. The zero-order valence-corrected chi connectivity index (χ0v) is 11.4. The molecule has 4 nitrogen and oxygen atoms in total. The first-order valence-corrected chi connectivity index (χ1v) is 7.11. The number of halogens is 2. The van der Waals surface area contributed by atoms with Gasteiger partial charge >= 0.3 is 0 Å². The highest BCUT2D eigenvalue weighted by molar-refractivity contribution is 5.80. The normalized spacial score (nSPS) is 16.0. The van der Waals surface area contributed by atoms with E-state index in [1.165, 1.54) is 19.3 Å². The van der Waals surface area contributed by atoms with E-state index in [0.29, 0.717) is 16.8 Å². The van der Waals surface area contributed by atoms with Crippen molar-refractivity contribution in [2.75, 3.05) is 18.0 Å². The molecular formula is C15H14F2N4. The first kappa shape index (κ1) is 12.5. The third-order valence-electron chi connectivity index (χ3n) is 3.98. The van der Waals surface area contributed by atoms with E-state index in [2.05, 4.69) is 14.9 Å². The fraction of sp³-hybridized carbons (Fsp3) is 0.333. The molecule has 3 aromatic rings. The van der Waals surface area contributed by atoms with Gasteiger partial charge in [-0.25, -0.2) is 13.8 Å². The lowest BCUT2D eigenvalue weighted by Crippen LogP contribution is -2.30. The molecule has 4 rings (SSSR count). The predicted molar refractivity (Wildman–Crippen MR) is 76.5 cm³/mol. The molecule has 0 saturated carbocycles. The Labute approximate surface area is 120 Å². The lowest BCUT2D eigenvalue weighted by Gasteiger charge is -2.27. The third kappa shape index (κ3) is 2.02. The highest BCUT2D eigenvalue weighted by Crippen LogP contribution is 2.22. The summed E-state index contributed by atoms with van der Waals surface area (Å²) >= 11 is 0. The summed E-state index contributed by atoms with van der Waals surface area (Å²) in [5.41, 5.74) is 0.943. The van der Waals surface area contributed by atoms with E-state index in [0.717, 1.165) is 31.0 Å². The van der Waals surface area contributed by atoms with Gasteiger partial charge < -0.3 is 4.90 Å². The van der Waals surface area contributed by atoms with Gasteiger partial charge in [-0.2, -0.15) is 4.98 Å². The fourth-order valence-electron chi connectivity index (χ4n) is 2.88. The number of rotatable bonds is 1. The van der Waals surface area contributed by atoms with Crippen LogP contribution in [0.4, 0.5) is 14.6 Å². The largest absolute Gasteiger partial charge is 0.356 e. The monoisotopic (exact) mass is 288 g/mol. The summed E-state index contributed by atoms with van der Waals surface area (Å²) < 4.78 is 28.4. The number of aromatic nitrogens is 3. The maximum Gasteiger partial charge on any atom is 0.236 e. The van der Waals surface area contributed by atoms with Gasteiger partial charge in [0.2, 0.25) is 5.78 Å². The minimum Gasteiger partial charge on any atom is -0.356 e. The van der Waals surface area contributed by atoms with Crippen LogP contribution in [0.5, 0.6) is 0 Å². The van der Waals surface area contributed by atoms with Crippen LogP contribution in [0.2, 0.25) is 0 Å². The van der Waals surface area contributed by atoms with Crippen LogP contribution in [0.15, 0.2) is 24.4 Å². The Balaban J connectivity index is 1.86. The zero-order valence-electron chi connectivity index (χ0n) is 11.4. The lowest BCUT2D eigenvalue weighted by atomic mass is 10.1. The van der Waals surface area contributed by atoms with Crippen molar-refractivity contribution in [1.29, 1.82) is 0 Å². The number of imidazole rings is 1. The van der Waals surface area contributed by atoms with Gasteiger partial charge in [-0.05, 0) is 25.3 Å². The molecule has 0 amide bonds. The van der Waals surface area contributed by atoms with Gasteiger partial charge in [0.25, 0.3) is 0 Å². The minimum atomic E-state index is -0.887. The number of hydrogen-bond donors (Lipinski definition) is 0. The summed E-state index contributed by atoms with van der Waals surface area (Å²) in [6.45, 7) is 1.99. The Morgan fingerprint density at radius 1 is 0.952 bits per heavy atom. The molecule has 2 aromatic heterocycles. The molecule has 0 bridgehead atoms. The smallest absolute Gasteiger partial charge is 0.236 e. The van der Waals surface area contributed by atoms with Crippen molar-refractivity contribution >= 4 is 22.6 Å². The maximum absolute atomic E-state index is 13.4. The van der Waals surface area contributed by atoms with E-state index < -0.39 is 11.6 Å². The topological polar surface area (TPSA) is 33.4 Å². The summed E-state index contributed by atoms with van der Waals surface area (Å²) in [7, 11) is 0. The standard InChI is InChI=1S/C15H14F2N4/c16-10-8-12-13(9-11(10)17)21-7-4-14(19-15(21)18-12)20-5-2-1-3-6-20/h4,7-9H,1-3,5-6H2. The minimum absolute atomic E-state index is 0.414. The van der Waals surface area contributed by atoms with Crippen molar-refractivity contribution in [3.05, 3.63) is 36.0 Å². The first-order valence-electron chi connectivity index (χ1n) is 7.11. The molecule has 0 atom stereocenters. The highest BCUT2D eigenvalue weighted by Gasteiger charge is 2.15. The predicted octanol–water partition coefficient (Wildman–Crippen LogP) is 3.15. The molecule has 6 heteroatoms. The molecule has 1 saturated heterocycles. The Bertz CT molecular complexity index is 821. The summed E-state index contributed by atoms with van der Waals surface area (Å²) in [5, 5.41) is 0. The molecule has 0 N–H and O–H groups in total. The van der Waals surface area contributed by atoms with Crippen molar-refractivity contribution in [3.8, 4) is 0 Å². The Morgan fingerprint density at radius 2 is 1.71 bits per heavy atom. The molecule has 108 valence electrons. The number of anilines is 1. The summed E-state index contributed by atoms with van der Waals surface area (Å²) in [6.07, 6.45) is 5.41. The van der Waals surface area contributed by atoms with Gasteiger partial charge in [0, 0.05) is 31.4 Å². The van der Waals surface area contributed by atoms with Gasteiger partial charge in [0.05, 0.1) is 11.0 Å². The Kier molecular flexibility index (Phi) is 2.77. The van der Waals surface area contributed by atoms with Crippen LogP contribution in [-0.2, 0) is 0 Å². The molecule has 1 aliphatic heterocycles. The number of hydrogen-bond acceptors (Lipinski definition) is 3. The molecule has 1 fully saturated rings. The average molecular weight is 288 g/mol. The van der Waals surface area contributed by atoms with Crippen LogP contribution in [0, 0.1) is 11.6 Å². The zero-order chi connectivity index (χ0) is 14.4. The van der Waals surface area contributed by atoms with Crippen LogP contribution in [0.1, 0.15) is 19.3 Å². The first-order chi connectivity index (χ1) is 10.2. The van der Waals surface area contributed by atoms with Crippen molar-refractivity contribution < 1.29 is 8.78 Å². The molecule has 0 aliphatic carbocycles. The SMILES string of the molecule is Fc1cc2nc3nc(N4CCCCC4)ccn3c2cc1F. The van der Waals surface area contributed by atoms with Gasteiger partial charge in [-0.3, -0.25) is 4.40 Å². The molecule has 3 heterocycles. The van der Waals surface area contributed by atoms with Crippen LogP contribution in [0.3, 0.4) is 0 Å². The van der Waals surface area contributed by atoms with E-state index in [-0.39, 0.29) is 0 Å². The number of nitrogens with zero attached hydrogens (tertiary/aromatic N) is 4. The van der Waals surface area contributed by atoms with Crippen molar-refractivity contribution in [3.63, 3.8) is 0 Å². The second kappa shape index (κ2) is 4.65. The van der Waals surface area contributed by atoms with Crippen molar-refractivity contribution in [2.45, 2.75) is 19.3 Å². The second-order valence-electron chi connectivity index (χ2n) is 5.37. The van der Waals surface area contributed by atoms with E-state index in [9.17, 15) is 8.78 Å². The quantitative estimate of drug-likeness (QED) is 0.689. The van der Waals surface area contributed by atoms with E-state index in [1.807, 2.05) is 12.3 Å². The second-order valence-corrected chi connectivity index (χ2v) is 5.37. The molecule has 1 aliphatic rings. The molecule has 0 radical (unpaired) electrons. The van der Waals surface area contributed by atoms with Gasteiger partial charge in [-0.1, -0.05) is 0 Å². The molecular weight excluding hydrogens is 274 g/mol.